The predicted octanol–water partition coefficient (Wildman–Crippen LogP) is 2.61. The number of rotatable bonds is 9. The van der Waals surface area contributed by atoms with E-state index in [1.54, 1.807) is 0 Å². The molecule has 2 fully saturated rings. The molecule has 2 rings (SSSR count). The first-order chi connectivity index (χ1) is 13.9. The molecule has 0 aromatic rings. The standard InChI is InChI=1S/C23H48N6/c1-7-24-22(25-13-18-29(20(2)3)21(4)5)26-19-23(11-16-27(6)17-12-23)28-14-9-8-10-15-28/h20-21H,7-19H2,1-6H3,(H2,24,25,26). The van der Waals surface area contributed by atoms with Crippen molar-refractivity contribution in [2.75, 3.05) is 59.4 Å². The summed E-state index contributed by atoms with van der Waals surface area (Å²) in [6.07, 6.45) is 6.56. The number of guanidine groups is 1. The van der Waals surface area contributed by atoms with Crippen LogP contribution < -0.4 is 10.6 Å². The molecule has 29 heavy (non-hydrogen) atoms. The molecule has 0 atom stereocenters. The van der Waals surface area contributed by atoms with E-state index in [9.17, 15) is 0 Å². The van der Waals surface area contributed by atoms with Crippen LogP contribution in [0, 0.1) is 0 Å². The van der Waals surface area contributed by atoms with E-state index in [0.29, 0.717) is 12.1 Å². The van der Waals surface area contributed by atoms with Crippen LogP contribution in [0.1, 0.15) is 66.7 Å². The van der Waals surface area contributed by atoms with Crippen molar-refractivity contribution < 1.29 is 0 Å². The number of piperidine rings is 2. The van der Waals surface area contributed by atoms with Crippen LogP contribution in [0.3, 0.4) is 0 Å². The zero-order chi connectivity index (χ0) is 21.3. The molecule has 0 unspecified atom stereocenters. The second-order valence-corrected chi connectivity index (χ2v) is 9.62. The number of nitrogens with zero attached hydrogens (tertiary/aromatic N) is 4. The van der Waals surface area contributed by atoms with Crippen molar-refractivity contribution in [3.05, 3.63) is 0 Å². The summed E-state index contributed by atoms with van der Waals surface area (Å²) in [5, 5.41) is 7.07. The van der Waals surface area contributed by atoms with Crippen LogP contribution in [-0.2, 0) is 0 Å². The van der Waals surface area contributed by atoms with E-state index in [2.05, 4.69) is 67.0 Å². The number of aliphatic imine (C=N–C) groups is 1. The van der Waals surface area contributed by atoms with E-state index < -0.39 is 0 Å². The topological polar surface area (TPSA) is 46.1 Å². The Morgan fingerprint density at radius 2 is 1.59 bits per heavy atom. The third-order valence-corrected chi connectivity index (χ3v) is 6.81. The van der Waals surface area contributed by atoms with E-state index in [1.807, 2.05) is 0 Å². The lowest BCUT2D eigenvalue weighted by molar-refractivity contribution is 0.0208. The van der Waals surface area contributed by atoms with Gasteiger partial charge in [0, 0.05) is 37.3 Å². The van der Waals surface area contributed by atoms with Crippen molar-refractivity contribution in [1.29, 1.82) is 0 Å². The van der Waals surface area contributed by atoms with E-state index >= 15 is 0 Å². The molecule has 2 N–H and O–H groups in total. The molecule has 0 aliphatic carbocycles. The second-order valence-electron chi connectivity index (χ2n) is 9.62. The third-order valence-electron chi connectivity index (χ3n) is 6.81. The summed E-state index contributed by atoms with van der Waals surface area (Å²) in [5.74, 6) is 0.982. The fraction of sp³-hybridized carbons (Fsp3) is 0.957. The van der Waals surface area contributed by atoms with Gasteiger partial charge in [-0.2, -0.15) is 0 Å². The largest absolute Gasteiger partial charge is 0.357 e. The quantitative estimate of drug-likeness (QED) is 0.454. The first kappa shape index (κ1) is 24.4. The first-order valence-electron chi connectivity index (χ1n) is 12.1. The van der Waals surface area contributed by atoms with Crippen LogP contribution in [0.25, 0.3) is 0 Å². The Balaban J connectivity index is 2.00. The summed E-state index contributed by atoms with van der Waals surface area (Å²) in [7, 11) is 2.25. The van der Waals surface area contributed by atoms with Gasteiger partial charge in [0.05, 0.1) is 6.54 Å². The lowest BCUT2D eigenvalue weighted by Crippen LogP contribution is -2.58. The number of hydrogen-bond donors (Lipinski definition) is 2. The van der Waals surface area contributed by atoms with E-state index in [0.717, 1.165) is 32.1 Å². The number of nitrogens with one attached hydrogen (secondary N) is 2. The Labute approximate surface area is 180 Å². The van der Waals surface area contributed by atoms with Crippen LogP contribution in [0.2, 0.25) is 0 Å². The average molecular weight is 409 g/mol. The fourth-order valence-corrected chi connectivity index (χ4v) is 4.96. The highest BCUT2D eigenvalue weighted by atomic mass is 15.3. The van der Waals surface area contributed by atoms with E-state index in [4.69, 9.17) is 4.99 Å². The van der Waals surface area contributed by atoms with Gasteiger partial charge in [0.25, 0.3) is 0 Å². The summed E-state index contributed by atoms with van der Waals surface area (Å²) in [4.78, 5) is 12.9. The Bertz CT molecular complexity index is 468. The Morgan fingerprint density at radius 1 is 0.966 bits per heavy atom. The fourth-order valence-electron chi connectivity index (χ4n) is 4.96. The maximum absolute atomic E-state index is 5.11. The highest BCUT2D eigenvalue weighted by molar-refractivity contribution is 5.79. The number of likely N-dealkylation sites (tertiary alicyclic amines) is 2. The van der Waals surface area contributed by atoms with Gasteiger partial charge >= 0.3 is 0 Å². The molecule has 0 bridgehead atoms. The van der Waals surface area contributed by atoms with Crippen molar-refractivity contribution >= 4 is 5.96 Å². The maximum atomic E-state index is 5.11. The molecular weight excluding hydrogens is 360 g/mol. The minimum Gasteiger partial charge on any atom is -0.357 e. The van der Waals surface area contributed by atoms with Crippen molar-refractivity contribution in [2.24, 2.45) is 4.99 Å². The molecule has 2 heterocycles. The minimum atomic E-state index is 0.247. The monoisotopic (exact) mass is 408 g/mol. The smallest absolute Gasteiger partial charge is 0.191 e. The lowest BCUT2D eigenvalue weighted by Gasteiger charge is -2.49. The Hall–Kier alpha value is -0.850. The van der Waals surface area contributed by atoms with E-state index in [-0.39, 0.29) is 5.54 Å². The molecule has 0 spiro atoms. The summed E-state index contributed by atoms with van der Waals surface area (Å²) < 4.78 is 0. The van der Waals surface area contributed by atoms with Gasteiger partial charge in [-0.05, 0) is 93.5 Å². The Morgan fingerprint density at radius 3 is 2.14 bits per heavy atom. The van der Waals surface area contributed by atoms with Crippen LogP contribution in [-0.4, -0.2) is 97.7 Å². The molecule has 0 saturated carbocycles. The lowest BCUT2D eigenvalue weighted by atomic mass is 9.84. The van der Waals surface area contributed by atoms with Crippen molar-refractivity contribution in [1.82, 2.24) is 25.3 Å². The Kier molecular flexibility index (Phi) is 10.2. The molecule has 0 radical (unpaired) electrons. The van der Waals surface area contributed by atoms with Crippen LogP contribution in [0.4, 0.5) is 0 Å². The highest BCUT2D eigenvalue weighted by Gasteiger charge is 2.39. The van der Waals surface area contributed by atoms with Gasteiger partial charge in [0.2, 0.25) is 0 Å². The minimum absolute atomic E-state index is 0.247. The zero-order valence-electron chi connectivity index (χ0n) is 20.1. The summed E-state index contributed by atoms with van der Waals surface area (Å²) in [5.41, 5.74) is 0.247. The van der Waals surface area contributed by atoms with Gasteiger partial charge in [0.1, 0.15) is 0 Å². The van der Waals surface area contributed by atoms with E-state index in [1.165, 1.54) is 58.3 Å². The molecule has 2 aliphatic heterocycles. The van der Waals surface area contributed by atoms with Gasteiger partial charge in [-0.15, -0.1) is 0 Å². The first-order valence-corrected chi connectivity index (χ1v) is 12.1. The van der Waals surface area contributed by atoms with Gasteiger partial charge in [-0.1, -0.05) is 6.42 Å². The van der Waals surface area contributed by atoms with Crippen LogP contribution >= 0.6 is 0 Å². The average Bonchev–Trinajstić information content (AvgIpc) is 2.70. The molecule has 170 valence electrons. The molecular formula is C23H48N6. The zero-order valence-corrected chi connectivity index (χ0v) is 20.1. The van der Waals surface area contributed by atoms with Crippen LogP contribution in [0.15, 0.2) is 4.99 Å². The number of hydrogen-bond acceptors (Lipinski definition) is 4. The molecule has 0 amide bonds. The molecule has 0 aromatic carbocycles. The van der Waals surface area contributed by atoms with Crippen molar-refractivity contribution in [2.45, 2.75) is 84.3 Å². The van der Waals surface area contributed by atoms with Crippen molar-refractivity contribution in [3.8, 4) is 0 Å². The third kappa shape index (κ3) is 7.41. The summed E-state index contributed by atoms with van der Waals surface area (Å²) >= 11 is 0. The van der Waals surface area contributed by atoms with Gasteiger partial charge in [-0.25, -0.2) is 0 Å². The predicted molar refractivity (Wildman–Crippen MR) is 126 cm³/mol. The summed E-state index contributed by atoms with van der Waals surface area (Å²) in [6, 6.07) is 1.14. The summed E-state index contributed by atoms with van der Waals surface area (Å²) in [6.45, 7) is 19.9. The normalized spacial score (nSPS) is 21.9. The molecule has 0 aromatic heterocycles. The molecule has 6 nitrogen and oxygen atoms in total. The highest BCUT2D eigenvalue weighted by Crippen LogP contribution is 2.31. The van der Waals surface area contributed by atoms with Gasteiger partial charge < -0.3 is 15.5 Å². The van der Waals surface area contributed by atoms with Crippen LogP contribution in [0.5, 0.6) is 0 Å². The molecule has 2 aliphatic rings. The SMILES string of the molecule is CCNC(=NCC1(N2CCCCC2)CCN(C)CC1)NCCN(C(C)C)C(C)C. The van der Waals surface area contributed by atoms with Gasteiger partial charge in [0.15, 0.2) is 5.96 Å². The van der Waals surface area contributed by atoms with Gasteiger partial charge in [-0.3, -0.25) is 14.8 Å². The molecule has 2 saturated heterocycles. The molecule has 6 heteroatoms. The maximum Gasteiger partial charge on any atom is 0.191 e. The van der Waals surface area contributed by atoms with Crippen molar-refractivity contribution in [3.63, 3.8) is 0 Å². The second kappa shape index (κ2) is 12.1.